The van der Waals surface area contributed by atoms with Crippen molar-refractivity contribution in [1.29, 1.82) is 0 Å². The number of hydrogen-bond donors (Lipinski definition) is 0. The average Bonchev–Trinajstić information content (AvgIpc) is 2.74. The van der Waals surface area contributed by atoms with Crippen molar-refractivity contribution in [2.24, 2.45) is 0 Å². The van der Waals surface area contributed by atoms with Gasteiger partial charge >= 0.3 is 5.97 Å². The first-order valence-electron chi connectivity index (χ1n) is 4.04. The van der Waals surface area contributed by atoms with E-state index in [9.17, 15) is 4.79 Å². The molecule has 0 saturated carbocycles. The summed E-state index contributed by atoms with van der Waals surface area (Å²) in [5.74, 6) is 0.0622. The van der Waals surface area contributed by atoms with Crippen LogP contribution in [-0.2, 0) is 0 Å². The zero-order chi connectivity index (χ0) is 10.7. The fraction of sp³-hybridized carbons (Fsp3) is 0. The van der Waals surface area contributed by atoms with E-state index in [1.54, 1.807) is 18.3 Å². The third-order valence-corrected chi connectivity index (χ3v) is 2.42. The van der Waals surface area contributed by atoms with Gasteiger partial charge in [0, 0.05) is 12.3 Å². The van der Waals surface area contributed by atoms with Crippen LogP contribution in [0, 0.1) is 9.77 Å². The number of rotatable bonds is 2. The van der Waals surface area contributed by atoms with Crippen LogP contribution in [0.5, 0.6) is 5.75 Å². The smallest absolute Gasteiger partial charge is 0.379 e. The van der Waals surface area contributed by atoms with E-state index in [0.717, 1.165) is 3.57 Å². The van der Waals surface area contributed by atoms with Gasteiger partial charge in [0.1, 0.15) is 5.75 Å². The highest BCUT2D eigenvalue weighted by atomic mass is 127. The van der Waals surface area contributed by atoms with Gasteiger partial charge in [-0.2, -0.15) is 0 Å². The van der Waals surface area contributed by atoms with Crippen molar-refractivity contribution >= 4 is 28.6 Å². The van der Waals surface area contributed by atoms with Crippen molar-refractivity contribution in [2.75, 3.05) is 0 Å². The Morgan fingerprint density at radius 3 is 3.13 bits per heavy atom. The van der Waals surface area contributed by atoms with Gasteiger partial charge in [-0.3, -0.25) is 4.98 Å². The molecular weight excluding hydrogens is 309 g/mol. The summed E-state index contributed by atoms with van der Waals surface area (Å²) in [5, 5.41) is 0. The summed E-state index contributed by atoms with van der Waals surface area (Å²) in [6.45, 7) is 0. The predicted molar refractivity (Wildman–Crippen MR) is 59.5 cm³/mol. The van der Waals surface area contributed by atoms with Gasteiger partial charge in [-0.15, -0.1) is 0 Å². The molecule has 0 aliphatic carbocycles. The van der Waals surface area contributed by atoms with E-state index in [1.807, 2.05) is 22.6 Å². The van der Waals surface area contributed by atoms with Gasteiger partial charge in [0.05, 0.1) is 16.0 Å². The lowest BCUT2D eigenvalue weighted by Crippen LogP contribution is -2.08. The standard InChI is InChI=1S/C10H5INO3/c11-7-6-12-4-3-8(7)15-10(13)9-2-1-5-14-9/h1-3,5-6H. The number of nitrogens with zero attached hydrogens (tertiary/aromatic N) is 1. The molecule has 1 radical (unpaired) electrons. The minimum absolute atomic E-state index is 0.169. The van der Waals surface area contributed by atoms with Gasteiger partial charge in [-0.25, -0.2) is 4.79 Å². The second-order valence-corrected chi connectivity index (χ2v) is 3.77. The van der Waals surface area contributed by atoms with Crippen LogP contribution in [0.1, 0.15) is 10.6 Å². The first-order valence-corrected chi connectivity index (χ1v) is 5.12. The molecule has 0 bridgehead atoms. The predicted octanol–water partition coefficient (Wildman–Crippen LogP) is 2.30. The molecule has 5 heteroatoms. The Hall–Kier alpha value is -1.37. The van der Waals surface area contributed by atoms with Crippen molar-refractivity contribution in [1.82, 2.24) is 4.98 Å². The normalized spacial score (nSPS) is 9.93. The van der Waals surface area contributed by atoms with E-state index in [0.29, 0.717) is 5.75 Å². The Morgan fingerprint density at radius 1 is 1.60 bits per heavy atom. The summed E-state index contributed by atoms with van der Waals surface area (Å²) in [6.07, 6.45) is 5.57. The molecule has 0 unspecified atom stereocenters. The summed E-state index contributed by atoms with van der Waals surface area (Å²) >= 11 is 2.02. The monoisotopic (exact) mass is 314 g/mol. The molecule has 0 fully saturated rings. The summed E-state index contributed by atoms with van der Waals surface area (Å²) in [7, 11) is 0. The maximum Gasteiger partial charge on any atom is 0.379 e. The quantitative estimate of drug-likeness (QED) is 0.630. The highest BCUT2D eigenvalue weighted by Crippen LogP contribution is 2.19. The maximum absolute atomic E-state index is 11.5. The Bertz CT molecular complexity index is 467. The lowest BCUT2D eigenvalue weighted by atomic mass is 10.4. The van der Waals surface area contributed by atoms with E-state index in [1.165, 1.54) is 12.3 Å². The molecule has 2 rings (SSSR count). The lowest BCUT2D eigenvalue weighted by molar-refractivity contribution is 0.0700. The second-order valence-electron chi connectivity index (χ2n) is 2.61. The molecule has 0 saturated heterocycles. The van der Waals surface area contributed by atoms with Gasteiger partial charge < -0.3 is 9.15 Å². The molecule has 75 valence electrons. The molecule has 0 aliphatic heterocycles. The third kappa shape index (κ3) is 2.35. The second kappa shape index (κ2) is 4.43. The molecule has 15 heavy (non-hydrogen) atoms. The maximum atomic E-state index is 11.5. The number of carbonyl (C=O) groups is 1. The Balaban J connectivity index is 2.17. The van der Waals surface area contributed by atoms with Gasteiger partial charge in [-0.1, -0.05) is 0 Å². The van der Waals surface area contributed by atoms with E-state index in [-0.39, 0.29) is 5.76 Å². The average molecular weight is 314 g/mol. The van der Waals surface area contributed by atoms with Crippen LogP contribution in [-0.4, -0.2) is 11.0 Å². The van der Waals surface area contributed by atoms with Crippen molar-refractivity contribution < 1.29 is 13.9 Å². The van der Waals surface area contributed by atoms with Crippen LogP contribution in [0.25, 0.3) is 0 Å². The van der Waals surface area contributed by atoms with E-state index in [4.69, 9.17) is 9.15 Å². The number of pyridine rings is 1. The van der Waals surface area contributed by atoms with Crippen molar-refractivity contribution in [3.63, 3.8) is 0 Å². The summed E-state index contributed by atoms with van der Waals surface area (Å²) < 4.78 is 10.7. The van der Waals surface area contributed by atoms with Crippen molar-refractivity contribution in [2.45, 2.75) is 0 Å². The lowest BCUT2D eigenvalue weighted by Gasteiger charge is -2.02. The molecule has 0 aromatic carbocycles. The number of ether oxygens (including phenoxy) is 1. The Morgan fingerprint density at radius 2 is 2.47 bits per heavy atom. The Labute approximate surface area is 99.4 Å². The van der Waals surface area contributed by atoms with Crippen molar-refractivity contribution in [3.05, 3.63) is 46.2 Å². The number of furan rings is 1. The fourth-order valence-electron chi connectivity index (χ4n) is 0.945. The number of aromatic nitrogens is 1. The number of esters is 1. The molecule has 0 spiro atoms. The summed E-state index contributed by atoms with van der Waals surface area (Å²) in [6, 6.07) is 4.67. The van der Waals surface area contributed by atoms with E-state index >= 15 is 0 Å². The highest BCUT2D eigenvalue weighted by Gasteiger charge is 2.12. The topological polar surface area (TPSA) is 52.3 Å². The molecule has 0 N–H and O–H groups in total. The fourth-order valence-corrected chi connectivity index (χ4v) is 1.35. The minimum atomic E-state index is -0.530. The molecule has 0 atom stereocenters. The minimum Gasteiger partial charge on any atom is -0.457 e. The van der Waals surface area contributed by atoms with Crippen molar-refractivity contribution in [3.8, 4) is 5.75 Å². The van der Waals surface area contributed by atoms with Gasteiger partial charge in [0.15, 0.2) is 0 Å². The molecule has 2 aromatic heterocycles. The summed E-state index contributed by atoms with van der Waals surface area (Å²) in [4.78, 5) is 15.2. The molecule has 0 amide bonds. The van der Waals surface area contributed by atoms with Gasteiger partial charge in [0.25, 0.3) is 0 Å². The third-order valence-electron chi connectivity index (χ3n) is 1.61. The van der Waals surface area contributed by atoms with E-state index < -0.39 is 5.97 Å². The number of hydrogen-bond acceptors (Lipinski definition) is 4. The van der Waals surface area contributed by atoms with Gasteiger partial charge in [-0.05, 0) is 34.7 Å². The molecular formula is C10H5INO3. The SMILES string of the molecule is O=C(Oc1c[c]ncc1I)c1ccco1. The number of halogens is 1. The number of carbonyl (C=O) groups excluding carboxylic acids is 1. The highest BCUT2D eigenvalue weighted by molar-refractivity contribution is 14.1. The molecule has 2 aromatic rings. The van der Waals surface area contributed by atoms with Crippen LogP contribution in [0.3, 0.4) is 0 Å². The first-order chi connectivity index (χ1) is 7.27. The van der Waals surface area contributed by atoms with Crippen LogP contribution in [0.15, 0.2) is 35.1 Å². The van der Waals surface area contributed by atoms with Gasteiger partial charge in [0.2, 0.25) is 5.76 Å². The zero-order valence-electron chi connectivity index (χ0n) is 7.44. The van der Waals surface area contributed by atoms with Crippen LogP contribution < -0.4 is 4.74 Å². The molecule has 2 heterocycles. The zero-order valence-corrected chi connectivity index (χ0v) is 9.59. The molecule has 4 nitrogen and oxygen atoms in total. The Kier molecular flexibility index (Phi) is 3.00. The molecule has 0 aliphatic rings. The van der Waals surface area contributed by atoms with E-state index in [2.05, 4.69) is 11.2 Å². The first kappa shape index (κ1) is 10.2. The van der Waals surface area contributed by atoms with Crippen LogP contribution in [0.2, 0.25) is 0 Å². The van der Waals surface area contributed by atoms with Crippen LogP contribution >= 0.6 is 22.6 Å². The van der Waals surface area contributed by atoms with Crippen LogP contribution in [0.4, 0.5) is 0 Å². The summed E-state index contributed by atoms with van der Waals surface area (Å²) in [5.41, 5.74) is 0. The largest absolute Gasteiger partial charge is 0.457 e.